The number of nitro groups is 2. The van der Waals surface area contributed by atoms with Crippen LogP contribution in [0.25, 0.3) is 28.1 Å². The van der Waals surface area contributed by atoms with E-state index in [1.54, 1.807) is 75.7 Å². The minimum atomic E-state index is -4.11. The summed E-state index contributed by atoms with van der Waals surface area (Å²) < 4.78 is 53.1. The lowest BCUT2D eigenvalue weighted by atomic mass is 10.1. The lowest BCUT2D eigenvalue weighted by Gasteiger charge is -2.41. The number of hydrogen-bond acceptors (Lipinski definition) is 30. The van der Waals surface area contributed by atoms with Crippen molar-refractivity contribution in [3.05, 3.63) is 266 Å². The second kappa shape index (κ2) is 47.3. The number of thioether (sulfide) groups is 1. The van der Waals surface area contributed by atoms with Gasteiger partial charge < -0.3 is 53.4 Å². The second-order valence-electron chi connectivity index (χ2n) is 33.1. The van der Waals surface area contributed by atoms with Gasteiger partial charge in [0, 0.05) is 130 Å². The van der Waals surface area contributed by atoms with Gasteiger partial charge in [0.25, 0.3) is 21.5 Å². The van der Waals surface area contributed by atoms with Crippen LogP contribution < -0.4 is 29.7 Å². The van der Waals surface area contributed by atoms with Crippen molar-refractivity contribution in [3.63, 3.8) is 0 Å². The number of aromatic nitrogens is 11. The maximum Gasteiger partial charge on any atom is 0.367 e. The first kappa shape index (κ1) is 98.7. The first-order valence-corrected chi connectivity index (χ1v) is 47.9. The third-order valence-electron chi connectivity index (χ3n) is 23.3. The van der Waals surface area contributed by atoms with Gasteiger partial charge in [-0.15, -0.1) is 30.6 Å². The van der Waals surface area contributed by atoms with E-state index < -0.39 is 31.6 Å². The fraction of sp³-hybridized carbons (Fsp3) is 0.337. The molecular formula is C95H108N28O13S2+2. The highest BCUT2D eigenvalue weighted by atomic mass is 32.2. The van der Waals surface area contributed by atoms with E-state index in [-0.39, 0.29) is 78.7 Å². The van der Waals surface area contributed by atoms with E-state index in [1.807, 2.05) is 116 Å². The van der Waals surface area contributed by atoms with Crippen molar-refractivity contribution < 1.29 is 61.7 Å². The fourth-order valence-corrected chi connectivity index (χ4v) is 17.2. The van der Waals surface area contributed by atoms with Crippen LogP contribution >= 0.6 is 11.8 Å². The number of para-hydroxylation sites is 1. The zero-order chi connectivity index (χ0) is 97.1. The standard InChI is InChI=1S/C95H106N28O13S2/c1-7-114(8-2)82-32-35-85-90(58-82)120(81-16-11-9-12-17-81)89-57-73(25-34-84(89)98-85)102-99-70-19-26-78(27-20-70)113(5)39-42-117-61-75(104-110-117)60-97-94(125)66-137-50-36-93(124)96-37-38-115(79-28-21-71(22-29-79)100-103-74-54-69(95(126)127)55-83(56-74)121(128)129)45-49-136-65-77-63-119(112-106-77)44-41-116(40-43-118-62-76(105-111-118)64-123(46-13-10-14-47-123)48-15-51-138(132,133)134)80-30-23-72(24-31-80)101-109-88-53-68(4)87(59-92(88)135-6)108-107-86-33-18-67(3)52-91(86)122(130)131/h9,11-12,16-35,52-59,61-63H,7-8,10,13-15,36-51,60,64-66H2,1-6H3,(H2-2,96,97,124,125,126,127,132,133,134)/p+2. The quantitative estimate of drug-likeness (QED) is 0.00263. The summed E-state index contributed by atoms with van der Waals surface area (Å²) in [6.07, 6.45) is 9.19. The molecule has 138 heavy (non-hydrogen) atoms. The van der Waals surface area contributed by atoms with Crippen LogP contribution in [-0.4, -0.2) is 230 Å². The van der Waals surface area contributed by atoms with E-state index in [2.05, 4.69) is 145 Å². The van der Waals surface area contributed by atoms with Crippen molar-refractivity contribution in [1.82, 2.24) is 54.5 Å². The van der Waals surface area contributed by atoms with E-state index >= 15 is 0 Å². The number of piperidine rings is 1. The molecule has 0 radical (unpaired) electrons. The van der Waals surface area contributed by atoms with Crippen LogP contribution in [0.2, 0.25) is 0 Å². The number of aryl methyl sites for hydroxylation is 2. The summed E-state index contributed by atoms with van der Waals surface area (Å²) in [5.74, 6) is -0.856. The lowest BCUT2D eigenvalue weighted by molar-refractivity contribution is -0.945. The van der Waals surface area contributed by atoms with Crippen LogP contribution in [0.3, 0.4) is 0 Å². The zero-order valence-electron chi connectivity index (χ0n) is 77.3. The molecule has 716 valence electrons. The Hall–Kier alpha value is -15.3. The molecule has 1 aliphatic carbocycles. The Morgan fingerprint density at radius 1 is 0.609 bits per heavy atom. The smallest absolute Gasteiger partial charge is 0.367 e. The molecule has 0 atom stereocenters. The Morgan fingerprint density at radius 2 is 1.24 bits per heavy atom. The number of nitro benzene ring substituents is 2. The van der Waals surface area contributed by atoms with Crippen LogP contribution in [0.15, 0.2) is 252 Å². The summed E-state index contributed by atoms with van der Waals surface area (Å²) in [6, 6.07) is 56.4. The summed E-state index contributed by atoms with van der Waals surface area (Å²) in [4.78, 5) is 61.2. The average molecular weight is 1910 g/mol. The van der Waals surface area contributed by atoms with Gasteiger partial charge in [0.2, 0.25) is 0 Å². The molecule has 0 saturated carbocycles. The number of aliphatic imine (C=N–C) groups is 2. The minimum Gasteiger partial charge on any atom is -0.497 e. The maximum atomic E-state index is 11.8. The van der Waals surface area contributed by atoms with Crippen LogP contribution in [0.4, 0.5) is 73.9 Å². The van der Waals surface area contributed by atoms with Gasteiger partial charge in [0.1, 0.15) is 45.9 Å². The Balaban J connectivity index is 0.573. The number of quaternary nitrogens is 1. The predicted octanol–water partition coefficient (Wildman–Crippen LogP) is 17.4. The topological polar surface area (TPSA) is 485 Å². The summed E-state index contributed by atoms with van der Waals surface area (Å²) in [5, 5.41) is 113. The number of methoxy groups -OCH3 is 1. The average Bonchev–Trinajstić information content (AvgIpc) is 0.829. The number of nitrogens with zero attached hydrogens (tertiary/aromatic N) is 28. The SMILES string of the molecule is CCN(CC)c1ccc2nc3ccc(=[N+]=Nc4ccc(N(C)CCn5cc(CN=C(O)CSCCC(O)=NCCN(CCOCc6cn(CCN(CCn7cc(C[N+]8(CCCS(=O)(=O)O)CCCCC8)nn7)c7ccc(N=Nc8cc(C)c(N=Nc9ccc(C)cc9[N+](=O)[O-])cc8OC)cc7)nn6)c6ccc(N=Nc7cc(C(=O)O)cc([N+](=O)[O-])c7)cc6)nn5)cc4)cc-3n(-c3ccccc3)c2c1. The molecule has 5 heterocycles. The Bertz CT molecular complexity index is 6720. The number of fused-ring (bicyclic) bond motifs is 2. The van der Waals surface area contributed by atoms with Gasteiger partial charge in [0.05, 0.1) is 174 Å². The van der Waals surface area contributed by atoms with Gasteiger partial charge in [-0.25, -0.2) is 14.8 Å². The van der Waals surface area contributed by atoms with Gasteiger partial charge in [-0.05, 0) is 185 Å². The molecule has 11 aromatic rings. The number of ether oxygens (including phenoxy) is 2. The third-order valence-corrected chi connectivity index (χ3v) is 25.0. The number of azo groups is 3. The highest BCUT2D eigenvalue weighted by Gasteiger charge is 2.32. The van der Waals surface area contributed by atoms with E-state index in [0.717, 1.165) is 114 Å². The second-order valence-corrected chi connectivity index (χ2v) is 35.8. The number of rotatable bonds is 48. The van der Waals surface area contributed by atoms with Gasteiger partial charge in [-0.1, -0.05) is 39.9 Å². The zero-order valence-corrected chi connectivity index (χ0v) is 78.9. The van der Waals surface area contributed by atoms with Gasteiger partial charge in [-0.2, -0.15) is 35.5 Å². The Morgan fingerprint density at radius 3 is 1.92 bits per heavy atom. The predicted molar refractivity (Wildman–Crippen MR) is 526 cm³/mol. The molecule has 8 aromatic carbocycles. The number of hydrogen-bond donors (Lipinski definition) is 4. The molecule has 0 unspecified atom stereocenters. The molecule has 3 aliphatic rings. The third kappa shape index (κ3) is 27.7. The maximum absolute atomic E-state index is 11.8. The summed E-state index contributed by atoms with van der Waals surface area (Å²) >= 11 is 1.38. The molecule has 0 bridgehead atoms. The highest BCUT2D eigenvalue weighted by molar-refractivity contribution is 7.99. The molecule has 14 rings (SSSR count). The number of non-ortho nitro benzene ring substituents is 1. The Kier molecular flexibility index (Phi) is 33.8. The number of carbonyl (C=O) groups is 1. The van der Waals surface area contributed by atoms with Crippen molar-refractivity contribution >= 4 is 125 Å². The number of aliphatic hydroxyl groups is 2. The van der Waals surface area contributed by atoms with Gasteiger partial charge >= 0.3 is 11.3 Å². The van der Waals surface area contributed by atoms with E-state index in [4.69, 9.17) is 14.5 Å². The van der Waals surface area contributed by atoms with Crippen molar-refractivity contribution in [2.24, 2.45) is 45.8 Å². The molecule has 3 aromatic heterocycles. The van der Waals surface area contributed by atoms with Crippen molar-refractivity contribution in [1.29, 1.82) is 0 Å². The molecule has 1 fully saturated rings. The minimum absolute atomic E-state index is 0.0232. The molecule has 1 saturated heterocycles. The number of anilines is 4. The number of likely N-dealkylation sites (tertiary alicyclic amines) is 1. The van der Waals surface area contributed by atoms with Crippen molar-refractivity contribution in [2.75, 3.05) is 130 Å². The van der Waals surface area contributed by atoms with Crippen LogP contribution in [-0.2, 0) is 54.2 Å². The molecule has 2 aliphatic heterocycles. The first-order valence-electron chi connectivity index (χ1n) is 45.1. The molecule has 4 N–H and O–H groups in total. The monoisotopic (exact) mass is 1910 g/mol. The van der Waals surface area contributed by atoms with E-state index in [9.17, 15) is 53.3 Å². The van der Waals surface area contributed by atoms with Crippen LogP contribution in [0, 0.1) is 34.1 Å². The summed E-state index contributed by atoms with van der Waals surface area (Å²) in [5.41, 5.74) is 13.3. The Labute approximate surface area is 799 Å². The van der Waals surface area contributed by atoms with Crippen molar-refractivity contribution in [2.45, 2.75) is 99.1 Å². The first-order chi connectivity index (χ1) is 66.8. The molecule has 41 nitrogen and oxygen atoms in total. The molecule has 0 amide bonds. The fourth-order valence-electron chi connectivity index (χ4n) is 15.9. The number of carboxylic acids is 1. The molecular weight excluding hydrogens is 1810 g/mol. The number of aromatic carboxylic acids is 1. The van der Waals surface area contributed by atoms with Gasteiger partial charge in [0.15, 0.2) is 17.5 Å². The lowest BCUT2D eigenvalue weighted by Crippen LogP contribution is -2.51. The highest BCUT2D eigenvalue weighted by Crippen LogP contribution is 2.39. The van der Waals surface area contributed by atoms with Gasteiger partial charge in [-0.3, -0.25) is 43.8 Å². The molecule has 0 spiro atoms. The molecule has 43 heteroatoms. The number of aliphatic hydroxyl groups excluding tert-OH is 2. The number of likely N-dealkylation sites (N-methyl/N-ethyl adjacent to an activating group) is 1. The summed E-state index contributed by atoms with van der Waals surface area (Å²) in [6.45, 7) is 16.8. The summed E-state index contributed by atoms with van der Waals surface area (Å²) in [7, 11) is -0.619. The van der Waals surface area contributed by atoms with Crippen LogP contribution in [0.5, 0.6) is 5.75 Å². The van der Waals surface area contributed by atoms with E-state index in [1.165, 1.54) is 31.0 Å². The van der Waals surface area contributed by atoms with E-state index in [0.29, 0.717) is 144 Å². The normalized spacial score (nSPS) is 13.0. The number of carboxylic acid groups (broad SMARTS) is 1. The van der Waals surface area contributed by atoms with Crippen molar-refractivity contribution in [3.8, 4) is 22.8 Å². The largest absolute Gasteiger partial charge is 0.497 e. The number of benzene rings is 9. The van der Waals surface area contributed by atoms with Crippen LogP contribution in [0.1, 0.15) is 84.5 Å².